The number of nitrogens with zero attached hydrogens (tertiary/aromatic N) is 4. The molecule has 31 heavy (non-hydrogen) atoms. The number of rotatable bonds is 4. The molecule has 1 aromatic heterocycles. The standard InChI is InChI=1S/C22H23N5O3S/c28-22(26-11-10-17(13-26)21-12-23-25-24-21)27-14-18(15-27)16-6-8-20(9-7-16)31(29,30)19-4-2-1-3-5-19/h1-9,12,17-18H,10-11,13-15H2,(H,23,24,25). The van der Waals surface area contributed by atoms with Crippen molar-refractivity contribution >= 4 is 15.9 Å². The highest BCUT2D eigenvalue weighted by Gasteiger charge is 2.37. The highest BCUT2D eigenvalue weighted by Crippen LogP contribution is 2.32. The third-order valence-corrected chi connectivity index (χ3v) is 7.96. The van der Waals surface area contributed by atoms with E-state index in [0.29, 0.717) is 19.6 Å². The van der Waals surface area contributed by atoms with Gasteiger partial charge in [0.15, 0.2) is 0 Å². The number of H-pyrrole nitrogens is 1. The van der Waals surface area contributed by atoms with Gasteiger partial charge in [-0.2, -0.15) is 15.4 Å². The number of likely N-dealkylation sites (tertiary alicyclic amines) is 2. The van der Waals surface area contributed by atoms with Crippen LogP contribution in [-0.4, -0.2) is 65.8 Å². The van der Waals surface area contributed by atoms with Gasteiger partial charge in [-0.25, -0.2) is 13.2 Å². The summed E-state index contributed by atoms with van der Waals surface area (Å²) in [6.45, 7) is 2.69. The maximum Gasteiger partial charge on any atom is 0.320 e. The molecule has 3 aromatic rings. The summed E-state index contributed by atoms with van der Waals surface area (Å²) in [7, 11) is -3.51. The van der Waals surface area contributed by atoms with E-state index in [0.717, 1.165) is 24.2 Å². The minimum absolute atomic E-state index is 0.0607. The van der Waals surface area contributed by atoms with Gasteiger partial charge in [-0.1, -0.05) is 30.3 Å². The van der Waals surface area contributed by atoms with Crippen molar-refractivity contribution in [3.05, 3.63) is 72.1 Å². The first-order chi connectivity index (χ1) is 15.0. The minimum atomic E-state index is -3.51. The Kier molecular flexibility index (Phi) is 4.97. The quantitative estimate of drug-likeness (QED) is 0.677. The van der Waals surface area contributed by atoms with E-state index in [1.807, 2.05) is 21.9 Å². The molecular weight excluding hydrogens is 414 g/mol. The number of aromatic nitrogens is 3. The van der Waals surface area contributed by atoms with Crippen molar-refractivity contribution in [2.45, 2.75) is 28.0 Å². The molecule has 2 aliphatic heterocycles. The molecule has 9 heteroatoms. The van der Waals surface area contributed by atoms with E-state index in [1.54, 1.807) is 48.7 Å². The Bertz CT molecular complexity index is 1160. The summed E-state index contributed by atoms with van der Waals surface area (Å²) in [6, 6.07) is 15.5. The Morgan fingerprint density at radius 2 is 1.58 bits per heavy atom. The van der Waals surface area contributed by atoms with Crippen LogP contribution in [0, 0.1) is 0 Å². The second-order valence-corrected chi connectivity index (χ2v) is 10.0. The molecule has 0 bridgehead atoms. The fraction of sp³-hybridized carbons (Fsp3) is 0.318. The number of hydrogen-bond donors (Lipinski definition) is 1. The Hall–Kier alpha value is -3.20. The molecule has 3 heterocycles. The molecule has 0 spiro atoms. The van der Waals surface area contributed by atoms with Gasteiger partial charge in [0.2, 0.25) is 9.84 Å². The monoisotopic (exact) mass is 437 g/mol. The third-order valence-electron chi connectivity index (χ3n) is 6.18. The van der Waals surface area contributed by atoms with Crippen LogP contribution in [-0.2, 0) is 9.84 Å². The first-order valence-corrected chi connectivity index (χ1v) is 11.8. The summed E-state index contributed by atoms with van der Waals surface area (Å²) in [5, 5.41) is 10.6. The first-order valence-electron chi connectivity index (χ1n) is 10.3. The molecule has 0 radical (unpaired) electrons. The molecule has 5 rings (SSSR count). The second kappa shape index (κ2) is 7.81. The number of carbonyl (C=O) groups is 1. The summed E-state index contributed by atoms with van der Waals surface area (Å²) < 4.78 is 25.5. The van der Waals surface area contributed by atoms with E-state index < -0.39 is 9.84 Å². The first kappa shape index (κ1) is 19.7. The van der Waals surface area contributed by atoms with E-state index in [9.17, 15) is 13.2 Å². The van der Waals surface area contributed by atoms with Crippen molar-refractivity contribution in [3.8, 4) is 0 Å². The largest absolute Gasteiger partial charge is 0.324 e. The highest BCUT2D eigenvalue weighted by molar-refractivity contribution is 7.91. The van der Waals surface area contributed by atoms with Gasteiger partial charge in [0, 0.05) is 38.0 Å². The smallest absolute Gasteiger partial charge is 0.320 e. The normalized spacial score (nSPS) is 19.4. The van der Waals surface area contributed by atoms with Gasteiger partial charge in [-0.05, 0) is 36.2 Å². The fourth-order valence-corrected chi connectivity index (χ4v) is 5.57. The molecule has 1 unspecified atom stereocenters. The Balaban J connectivity index is 1.19. The average molecular weight is 438 g/mol. The average Bonchev–Trinajstić information content (AvgIpc) is 3.46. The fourth-order valence-electron chi connectivity index (χ4n) is 4.28. The minimum Gasteiger partial charge on any atom is -0.324 e. The number of urea groups is 1. The van der Waals surface area contributed by atoms with Crippen LogP contribution in [0.5, 0.6) is 0 Å². The Morgan fingerprint density at radius 1 is 0.903 bits per heavy atom. The Morgan fingerprint density at radius 3 is 2.26 bits per heavy atom. The summed E-state index contributed by atoms with van der Waals surface area (Å²) in [4.78, 5) is 17.1. The van der Waals surface area contributed by atoms with Crippen LogP contribution in [0.25, 0.3) is 0 Å². The molecule has 8 nitrogen and oxygen atoms in total. The van der Waals surface area contributed by atoms with Gasteiger partial charge in [0.05, 0.1) is 21.7 Å². The van der Waals surface area contributed by atoms with Crippen LogP contribution in [0.3, 0.4) is 0 Å². The van der Waals surface area contributed by atoms with Crippen molar-refractivity contribution in [3.63, 3.8) is 0 Å². The number of aromatic amines is 1. The van der Waals surface area contributed by atoms with E-state index in [2.05, 4.69) is 15.4 Å². The molecule has 0 aliphatic carbocycles. The van der Waals surface area contributed by atoms with Crippen LogP contribution in [0.4, 0.5) is 4.79 Å². The SMILES string of the molecule is O=C(N1CC(c2ccc(S(=O)(=O)c3ccccc3)cc2)C1)N1CCC(c2cn[nH]n2)C1. The number of hydrogen-bond acceptors (Lipinski definition) is 5. The van der Waals surface area contributed by atoms with E-state index >= 15 is 0 Å². The zero-order chi connectivity index (χ0) is 21.4. The van der Waals surface area contributed by atoms with Crippen molar-refractivity contribution < 1.29 is 13.2 Å². The molecular formula is C22H23N5O3S. The van der Waals surface area contributed by atoms with Gasteiger partial charge < -0.3 is 9.80 Å². The maximum absolute atomic E-state index is 12.8. The molecule has 1 atom stereocenters. The van der Waals surface area contributed by atoms with Crippen LogP contribution < -0.4 is 0 Å². The van der Waals surface area contributed by atoms with Crippen molar-refractivity contribution in [1.29, 1.82) is 0 Å². The molecule has 2 fully saturated rings. The molecule has 2 amide bonds. The molecule has 2 aromatic carbocycles. The lowest BCUT2D eigenvalue weighted by Crippen LogP contribution is -2.53. The highest BCUT2D eigenvalue weighted by atomic mass is 32.2. The van der Waals surface area contributed by atoms with E-state index in [4.69, 9.17) is 0 Å². The summed E-state index contributed by atoms with van der Waals surface area (Å²) in [5.74, 6) is 0.463. The van der Waals surface area contributed by atoms with E-state index in [-0.39, 0.29) is 27.7 Å². The lowest BCUT2D eigenvalue weighted by molar-refractivity contribution is 0.121. The van der Waals surface area contributed by atoms with Gasteiger partial charge >= 0.3 is 6.03 Å². The topological polar surface area (TPSA) is 99.3 Å². The zero-order valence-corrected chi connectivity index (χ0v) is 17.7. The summed E-state index contributed by atoms with van der Waals surface area (Å²) in [5.41, 5.74) is 1.96. The van der Waals surface area contributed by atoms with Crippen LogP contribution in [0.15, 0.2) is 70.6 Å². The number of amides is 2. The summed E-state index contributed by atoms with van der Waals surface area (Å²) >= 11 is 0. The van der Waals surface area contributed by atoms with Gasteiger partial charge in [-0.3, -0.25) is 0 Å². The van der Waals surface area contributed by atoms with Crippen LogP contribution in [0.1, 0.15) is 29.5 Å². The third kappa shape index (κ3) is 3.69. The molecule has 2 aliphatic rings. The van der Waals surface area contributed by atoms with Crippen molar-refractivity contribution in [2.24, 2.45) is 0 Å². The van der Waals surface area contributed by atoms with E-state index in [1.165, 1.54) is 0 Å². The van der Waals surface area contributed by atoms with Crippen LogP contribution >= 0.6 is 0 Å². The maximum atomic E-state index is 12.8. The molecule has 2 saturated heterocycles. The number of sulfone groups is 1. The number of carbonyl (C=O) groups excluding carboxylic acids is 1. The second-order valence-electron chi connectivity index (χ2n) is 8.10. The lowest BCUT2D eigenvalue weighted by Gasteiger charge is -2.41. The van der Waals surface area contributed by atoms with Gasteiger partial charge in [-0.15, -0.1) is 0 Å². The lowest BCUT2D eigenvalue weighted by atomic mass is 9.92. The van der Waals surface area contributed by atoms with Gasteiger partial charge in [0.25, 0.3) is 0 Å². The van der Waals surface area contributed by atoms with Crippen molar-refractivity contribution in [2.75, 3.05) is 26.2 Å². The predicted octanol–water partition coefficient (Wildman–Crippen LogP) is 2.65. The van der Waals surface area contributed by atoms with Gasteiger partial charge in [0.1, 0.15) is 0 Å². The molecule has 1 N–H and O–H groups in total. The Labute approximate surface area is 180 Å². The summed E-state index contributed by atoms with van der Waals surface area (Å²) in [6.07, 6.45) is 2.62. The van der Waals surface area contributed by atoms with Crippen LogP contribution in [0.2, 0.25) is 0 Å². The number of benzene rings is 2. The van der Waals surface area contributed by atoms with Crippen molar-refractivity contribution in [1.82, 2.24) is 25.2 Å². The molecule has 160 valence electrons. The molecule has 0 saturated carbocycles. The number of nitrogens with one attached hydrogen (secondary N) is 1. The zero-order valence-electron chi connectivity index (χ0n) is 16.9. The predicted molar refractivity (Wildman–Crippen MR) is 113 cm³/mol.